The molecule has 0 atom stereocenters. The molecule has 0 saturated carbocycles. The van der Waals surface area contributed by atoms with Crippen molar-refractivity contribution in [3.8, 4) is 0 Å². The van der Waals surface area contributed by atoms with Crippen LogP contribution in [0.4, 0.5) is 10.1 Å². The van der Waals surface area contributed by atoms with Gasteiger partial charge in [-0.2, -0.15) is 0 Å². The molecule has 0 unspecified atom stereocenters. The largest absolute Gasteiger partial charge is 0.384 e. The molecule has 3 nitrogen and oxygen atoms in total. The first-order chi connectivity index (χ1) is 7.63. The van der Waals surface area contributed by atoms with Crippen molar-refractivity contribution in [2.24, 2.45) is 0 Å². The molecule has 0 fully saturated rings. The highest BCUT2D eigenvalue weighted by Crippen LogP contribution is 2.19. The summed E-state index contributed by atoms with van der Waals surface area (Å²) in [7, 11) is 0. The van der Waals surface area contributed by atoms with Crippen LogP contribution in [0.15, 0.2) is 18.2 Å². The number of carbonyl (C=O) groups excluding carboxylic acids is 1. The smallest absolute Gasteiger partial charge is 0.221 e. The fourth-order valence-electron chi connectivity index (χ4n) is 1.21. The van der Waals surface area contributed by atoms with Gasteiger partial charge in [0.25, 0.3) is 0 Å². The van der Waals surface area contributed by atoms with Crippen LogP contribution < -0.4 is 10.6 Å². The van der Waals surface area contributed by atoms with Gasteiger partial charge in [-0.3, -0.25) is 4.79 Å². The van der Waals surface area contributed by atoms with Gasteiger partial charge in [0, 0.05) is 25.2 Å². The molecule has 0 heterocycles. The van der Waals surface area contributed by atoms with E-state index in [0.717, 1.165) is 0 Å². The van der Waals surface area contributed by atoms with Crippen LogP contribution in [0.1, 0.15) is 13.3 Å². The van der Waals surface area contributed by atoms with Crippen LogP contribution in [0.5, 0.6) is 0 Å². The standard InChI is InChI=1S/C11H14ClFN2O/c1-2-14-11(16)5-6-15-8-3-4-10(13)9(12)7-8/h3-4,7,15H,2,5-6H2,1H3,(H,14,16). The molecule has 0 bridgehead atoms. The number of rotatable bonds is 5. The Balaban J connectivity index is 2.37. The fraction of sp³-hybridized carbons (Fsp3) is 0.364. The summed E-state index contributed by atoms with van der Waals surface area (Å²) in [5.74, 6) is -0.459. The minimum atomic E-state index is -0.448. The zero-order valence-corrected chi connectivity index (χ0v) is 9.77. The van der Waals surface area contributed by atoms with Gasteiger partial charge in [-0.25, -0.2) is 4.39 Å². The molecule has 1 amide bonds. The van der Waals surface area contributed by atoms with Gasteiger partial charge >= 0.3 is 0 Å². The maximum atomic E-state index is 12.8. The summed E-state index contributed by atoms with van der Waals surface area (Å²) in [4.78, 5) is 11.1. The minimum absolute atomic E-state index is 0.0109. The lowest BCUT2D eigenvalue weighted by Gasteiger charge is -2.06. The van der Waals surface area contributed by atoms with Crippen LogP contribution in [-0.4, -0.2) is 19.0 Å². The number of carbonyl (C=O) groups is 1. The van der Waals surface area contributed by atoms with Crippen molar-refractivity contribution >= 4 is 23.2 Å². The average molecular weight is 245 g/mol. The highest BCUT2D eigenvalue weighted by atomic mass is 35.5. The van der Waals surface area contributed by atoms with Crippen molar-refractivity contribution in [2.75, 3.05) is 18.4 Å². The topological polar surface area (TPSA) is 41.1 Å². The molecule has 0 aromatic heterocycles. The van der Waals surface area contributed by atoms with Crippen molar-refractivity contribution < 1.29 is 9.18 Å². The molecule has 5 heteroatoms. The number of hydrogen-bond acceptors (Lipinski definition) is 2. The lowest BCUT2D eigenvalue weighted by molar-refractivity contribution is -0.120. The van der Waals surface area contributed by atoms with Crippen LogP contribution in [0.2, 0.25) is 5.02 Å². The van der Waals surface area contributed by atoms with E-state index in [1.165, 1.54) is 12.1 Å². The highest BCUT2D eigenvalue weighted by Gasteiger charge is 2.02. The number of hydrogen-bond donors (Lipinski definition) is 2. The lowest BCUT2D eigenvalue weighted by atomic mass is 10.3. The molecule has 2 N–H and O–H groups in total. The van der Waals surface area contributed by atoms with Gasteiger partial charge in [0.15, 0.2) is 0 Å². The molecular formula is C11H14ClFN2O. The Morgan fingerprint density at radius 1 is 1.50 bits per heavy atom. The first-order valence-corrected chi connectivity index (χ1v) is 5.47. The van der Waals surface area contributed by atoms with E-state index in [4.69, 9.17) is 11.6 Å². The van der Waals surface area contributed by atoms with Gasteiger partial charge < -0.3 is 10.6 Å². The fourth-order valence-corrected chi connectivity index (χ4v) is 1.39. The Morgan fingerprint density at radius 3 is 2.88 bits per heavy atom. The summed E-state index contributed by atoms with van der Waals surface area (Å²) in [6, 6.07) is 4.37. The Morgan fingerprint density at radius 2 is 2.25 bits per heavy atom. The molecule has 88 valence electrons. The Bertz CT molecular complexity index is 371. The second kappa shape index (κ2) is 6.33. The molecule has 16 heavy (non-hydrogen) atoms. The summed E-state index contributed by atoms with van der Waals surface area (Å²) in [5.41, 5.74) is 0.704. The third-order valence-corrected chi connectivity index (χ3v) is 2.26. The van der Waals surface area contributed by atoms with Crippen molar-refractivity contribution in [3.05, 3.63) is 29.0 Å². The van der Waals surface area contributed by atoms with E-state index < -0.39 is 5.82 Å². The van der Waals surface area contributed by atoms with E-state index >= 15 is 0 Å². The predicted octanol–water partition coefficient (Wildman–Crippen LogP) is 2.42. The van der Waals surface area contributed by atoms with Gasteiger partial charge in [0.1, 0.15) is 5.82 Å². The van der Waals surface area contributed by atoms with Crippen molar-refractivity contribution in [1.29, 1.82) is 0 Å². The molecule has 0 aliphatic carbocycles. The SMILES string of the molecule is CCNC(=O)CCNc1ccc(F)c(Cl)c1. The summed E-state index contributed by atoms with van der Waals surface area (Å²) < 4.78 is 12.8. The Hall–Kier alpha value is -1.29. The van der Waals surface area contributed by atoms with Gasteiger partial charge in [-0.05, 0) is 25.1 Å². The highest BCUT2D eigenvalue weighted by molar-refractivity contribution is 6.31. The van der Waals surface area contributed by atoms with Crippen LogP contribution in [0.25, 0.3) is 0 Å². The van der Waals surface area contributed by atoms with E-state index in [1.54, 1.807) is 6.07 Å². The van der Waals surface area contributed by atoms with E-state index in [-0.39, 0.29) is 10.9 Å². The third kappa shape index (κ3) is 4.06. The Kier molecular flexibility index (Phi) is 5.05. The number of amides is 1. The molecule has 0 aliphatic heterocycles. The maximum Gasteiger partial charge on any atom is 0.221 e. The maximum absolute atomic E-state index is 12.8. The molecule has 0 aliphatic rings. The van der Waals surface area contributed by atoms with Gasteiger partial charge in [-0.15, -0.1) is 0 Å². The predicted molar refractivity (Wildman–Crippen MR) is 63.2 cm³/mol. The van der Waals surface area contributed by atoms with Crippen LogP contribution >= 0.6 is 11.6 Å². The number of anilines is 1. The minimum Gasteiger partial charge on any atom is -0.384 e. The quantitative estimate of drug-likeness (QED) is 0.835. The van der Waals surface area contributed by atoms with E-state index in [1.807, 2.05) is 6.92 Å². The zero-order valence-electron chi connectivity index (χ0n) is 9.02. The number of benzene rings is 1. The molecule has 0 radical (unpaired) electrons. The second-order valence-corrected chi connectivity index (χ2v) is 3.67. The van der Waals surface area contributed by atoms with E-state index in [2.05, 4.69) is 10.6 Å². The van der Waals surface area contributed by atoms with Crippen LogP contribution in [0.3, 0.4) is 0 Å². The monoisotopic (exact) mass is 244 g/mol. The van der Waals surface area contributed by atoms with Crippen molar-refractivity contribution in [2.45, 2.75) is 13.3 Å². The van der Waals surface area contributed by atoms with Gasteiger partial charge in [0.2, 0.25) is 5.91 Å². The molecule has 0 spiro atoms. The normalized spacial score (nSPS) is 9.94. The molecule has 1 rings (SSSR count). The van der Waals surface area contributed by atoms with E-state index in [9.17, 15) is 9.18 Å². The average Bonchev–Trinajstić information content (AvgIpc) is 2.24. The summed E-state index contributed by atoms with van der Waals surface area (Å²) in [6.45, 7) is 2.99. The van der Waals surface area contributed by atoms with Crippen LogP contribution in [0, 0.1) is 5.82 Å². The molecular weight excluding hydrogens is 231 g/mol. The summed E-state index contributed by atoms with van der Waals surface area (Å²) >= 11 is 5.61. The first-order valence-electron chi connectivity index (χ1n) is 5.09. The van der Waals surface area contributed by atoms with Gasteiger partial charge in [0.05, 0.1) is 5.02 Å². The number of nitrogens with one attached hydrogen (secondary N) is 2. The van der Waals surface area contributed by atoms with Crippen LogP contribution in [-0.2, 0) is 4.79 Å². The molecule has 0 saturated heterocycles. The van der Waals surface area contributed by atoms with Gasteiger partial charge in [-0.1, -0.05) is 11.6 Å². The van der Waals surface area contributed by atoms with E-state index in [0.29, 0.717) is 25.2 Å². The summed E-state index contributed by atoms with van der Waals surface area (Å²) in [5, 5.41) is 5.75. The molecule has 1 aromatic rings. The molecule has 1 aromatic carbocycles. The van der Waals surface area contributed by atoms with Crippen molar-refractivity contribution in [1.82, 2.24) is 5.32 Å². The second-order valence-electron chi connectivity index (χ2n) is 3.26. The lowest BCUT2D eigenvalue weighted by Crippen LogP contribution is -2.24. The van der Waals surface area contributed by atoms with Crippen molar-refractivity contribution in [3.63, 3.8) is 0 Å². The first kappa shape index (κ1) is 12.8. The number of halogens is 2. The zero-order chi connectivity index (χ0) is 12.0. The third-order valence-electron chi connectivity index (χ3n) is 1.97. The Labute approximate surface area is 99.0 Å². The summed E-state index contributed by atoms with van der Waals surface area (Å²) in [6.07, 6.45) is 0.378.